The smallest absolute Gasteiger partial charge is 0.279 e. The van der Waals surface area contributed by atoms with E-state index in [4.69, 9.17) is 5.73 Å². The summed E-state index contributed by atoms with van der Waals surface area (Å²) < 4.78 is 0. The molecular weight excluding hydrogens is 298 g/mol. The van der Waals surface area contributed by atoms with E-state index in [0.29, 0.717) is 12.6 Å². The van der Waals surface area contributed by atoms with Gasteiger partial charge in [-0.1, -0.05) is 12.1 Å². The van der Waals surface area contributed by atoms with Crippen LogP contribution in [0.25, 0.3) is 0 Å². The second-order valence-electron chi connectivity index (χ2n) is 5.78. The molecule has 2 rings (SSSR count). The van der Waals surface area contributed by atoms with Gasteiger partial charge in [0.15, 0.2) is 6.54 Å². The molecule has 5 nitrogen and oxygen atoms in total. The third kappa shape index (κ3) is 5.03. The first-order valence-corrected chi connectivity index (χ1v) is 8.69. The van der Waals surface area contributed by atoms with Gasteiger partial charge >= 0.3 is 0 Å². The highest BCUT2D eigenvalue weighted by Crippen LogP contribution is 2.26. The molecular formula is C16H24N3O2S+. The van der Waals surface area contributed by atoms with E-state index in [1.165, 1.54) is 35.9 Å². The molecule has 0 saturated carbocycles. The van der Waals surface area contributed by atoms with Gasteiger partial charge in [-0.15, -0.1) is 11.8 Å². The maximum absolute atomic E-state index is 12.3. The van der Waals surface area contributed by atoms with Crippen LogP contribution in [-0.4, -0.2) is 36.7 Å². The molecule has 22 heavy (non-hydrogen) atoms. The first-order chi connectivity index (χ1) is 10.6. The summed E-state index contributed by atoms with van der Waals surface area (Å²) in [6.45, 7) is 3.76. The number of likely N-dealkylation sites (tertiary alicyclic amines) is 1. The molecule has 6 heteroatoms. The molecule has 2 amide bonds. The summed E-state index contributed by atoms with van der Waals surface area (Å²) in [4.78, 5) is 25.4. The molecule has 1 aromatic rings. The van der Waals surface area contributed by atoms with Crippen molar-refractivity contribution in [2.45, 2.75) is 37.1 Å². The Morgan fingerprint density at radius 1 is 1.36 bits per heavy atom. The number of benzene rings is 1. The lowest BCUT2D eigenvalue weighted by Gasteiger charge is -2.29. The summed E-state index contributed by atoms with van der Waals surface area (Å²) in [7, 11) is 0. The Labute approximate surface area is 135 Å². The third-order valence-corrected chi connectivity index (χ3v) is 5.10. The summed E-state index contributed by atoms with van der Waals surface area (Å²) in [5, 5.41) is 2.97. The first-order valence-electron chi connectivity index (χ1n) is 7.71. The number of hydrogen-bond acceptors (Lipinski definition) is 3. The zero-order valence-corrected chi connectivity index (χ0v) is 13.7. The van der Waals surface area contributed by atoms with Crippen molar-refractivity contribution in [1.82, 2.24) is 0 Å². The van der Waals surface area contributed by atoms with E-state index in [1.54, 1.807) is 0 Å². The Hall–Kier alpha value is -1.53. The molecule has 2 atom stereocenters. The van der Waals surface area contributed by atoms with Crippen LogP contribution in [0.2, 0.25) is 0 Å². The van der Waals surface area contributed by atoms with E-state index in [-0.39, 0.29) is 17.6 Å². The summed E-state index contributed by atoms with van der Waals surface area (Å²) >= 11 is 1.35. The number of carbonyl (C=O) groups is 2. The number of para-hydroxylation sites is 1. The van der Waals surface area contributed by atoms with Gasteiger partial charge < -0.3 is 16.0 Å². The zero-order valence-electron chi connectivity index (χ0n) is 12.9. The lowest BCUT2D eigenvalue weighted by Crippen LogP contribution is -3.17. The Bertz CT molecular complexity index is 536. The predicted octanol–water partition coefficient (Wildman–Crippen LogP) is 0.660. The van der Waals surface area contributed by atoms with Crippen LogP contribution in [0.3, 0.4) is 0 Å². The molecule has 1 aliphatic heterocycles. The predicted molar refractivity (Wildman–Crippen MR) is 89.0 cm³/mol. The monoisotopic (exact) mass is 322 g/mol. The molecule has 0 aliphatic carbocycles. The number of nitrogens with one attached hydrogen (secondary N) is 2. The number of primary amides is 1. The molecule has 0 spiro atoms. The Balaban J connectivity index is 1.94. The van der Waals surface area contributed by atoms with Gasteiger partial charge in [0.2, 0.25) is 5.91 Å². The van der Waals surface area contributed by atoms with Crippen molar-refractivity contribution in [3.63, 3.8) is 0 Å². The molecule has 120 valence electrons. The van der Waals surface area contributed by atoms with Crippen molar-refractivity contribution in [2.24, 2.45) is 5.73 Å². The molecule has 1 aromatic carbocycles. The van der Waals surface area contributed by atoms with Crippen molar-refractivity contribution >= 4 is 29.3 Å². The van der Waals surface area contributed by atoms with Crippen LogP contribution >= 0.6 is 11.8 Å². The van der Waals surface area contributed by atoms with Crippen LogP contribution < -0.4 is 16.0 Å². The van der Waals surface area contributed by atoms with E-state index in [9.17, 15) is 9.59 Å². The number of anilines is 1. The maximum atomic E-state index is 12.3. The molecule has 1 aliphatic rings. The number of quaternary nitrogens is 1. The number of piperidine rings is 1. The molecule has 1 unspecified atom stereocenters. The van der Waals surface area contributed by atoms with Gasteiger partial charge in [-0.05, 0) is 38.3 Å². The van der Waals surface area contributed by atoms with Crippen molar-refractivity contribution in [1.29, 1.82) is 0 Å². The SMILES string of the molecule is C[C@H]1CCCC[NH+]1CC(=O)Nc1ccccc1SCC(N)=O. The number of hydrogen-bond donors (Lipinski definition) is 3. The van der Waals surface area contributed by atoms with E-state index >= 15 is 0 Å². The third-order valence-electron chi connectivity index (χ3n) is 4.00. The zero-order chi connectivity index (χ0) is 15.9. The molecule has 0 bridgehead atoms. The Kier molecular flexibility index (Phi) is 6.27. The normalized spacial score (nSPS) is 21.3. The lowest BCUT2D eigenvalue weighted by atomic mass is 10.0. The van der Waals surface area contributed by atoms with E-state index in [0.717, 1.165) is 17.1 Å². The largest absolute Gasteiger partial charge is 0.369 e. The van der Waals surface area contributed by atoms with Gasteiger partial charge in [0.25, 0.3) is 5.91 Å². The van der Waals surface area contributed by atoms with Crippen LogP contribution in [0.15, 0.2) is 29.2 Å². The van der Waals surface area contributed by atoms with Gasteiger partial charge in [-0.2, -0.15) is 0 Å². The first kappa shape index (κ1) is 16.8. The molecule has 0 radical (unpaired) electrons. The highest BCUT2D eigenvalue weighted by atomic mass is 32.2. The average Bonchev–Trinajstić information content (AvgIpc) is 2.48. The van der Waals surface area contributed by atoms with Crippen molar-refractivity contribution in [2.75, 3.05) is 24.2 Å². The van der Waals surface area contributed by atoms with Crippen molar-refractivity contribution in [3.05, 3.63) is 24.3 Å². The highest BCUT2D eigenvalue weighted by molar-refractivity contribution is 8.00. The van der Waals surface area contributed by atoms with Crippen LogP contribution in [0.4, 0.5) is 5.69 Å². The number of amides is 2. The van der Waals surface area contributed by atoms with Crippen LogP contribution in [0.5, 0.6) is 0 Å². The maximum Gasteiger partial charge on any atom is 0.279 e. The minimum atomic E-state index is -0.363. The fourth-order valence-electron chi connectivity index (χ4n) is 2.76. The molecule has 1 fully saturated rings. The summed E-state index contributed by atoms with van der Waals surface area (Å²) in [6.07, 6.45) is 3.64. The Morgan fingerprint density at radius 2 is 2.14 bits per heavy atom. The number of nitrogens with two attached hydrogens (primary N) is 1. The summed E-state index contributed by atoms with van der Waals surface area (Å²) in [6, 6.07) is 8.05. The minimum Gasteiger partial charge on any atom is -0.369 e. The fraction of sp³-hybridized carbons (Fsp3) is 0.500. The number of rotatable bonds is 6. The molecule has 0 aromatic heterocycles. The van der Waals surface area contributed by atoms with Gasteiger partial charge in [-0.3, -0.25) is 9.59 Å². The van der Waals surface area contributed by atoms with Crippen LogP contribution in [-0.2, 0) is 9.59 Å². The number of thioether (sulfide) groups is 1. The minimum absolute atomic E-state index is 0.0240. The molecule has 1 heterocycles. The van der Waals surface area contributed by atoms with E-state index in [1.807, 2.05) is 24.3 Å². The number of carbonyl (C=O) groups excluding carboxylic acids is 2. The van der Waals surface area contributed by atoms with E-state index in [2.05, 4.69) is 12.2 Å². The van der Waals surface area contributed by atoms with Gasteiger partial charge in [-0.25, -0.2) is 0 Å². The molecule has 1 saturated heterocycles. The molecule has 4 N–H and O–H groups in total. The average molecular weight is 322 g/mol. The second kappa shape index (κ2) is 8.19. The van der Waals surface area contributed by atoms with E-state index < -0.39 is 0 Å². The standard InChI is InChI=1S/C16H23N3O2S/c1-12-6-4-5-9-19(12)10-16(21)18-13-7-2-3-8-14(13)22-11-15(17)20/h2-3,7-8,12H,4-6,9-11H2,1H3,(H2,17,20)(H,18,21)/p+1/t12-/m0/s1. The fourth-order valence-corrected chi connectivity index (χ4v) is 3.51. The second-order valence-corrected chi connectivity index (χ2v) is 6.80. The van der Waals surface area contributed by atoms with Crippen molar-refractivity contribution in [3.8, 4) is 0 Å². The highest BCUT2D eigenvalue weighted by Gasteiger charge is 2.24. The van der Waals surface area contributed by atoms with Crippen molar-refractivity contribution < 1.29 is 14.5 Å². The van der Waals surface area contributed by atoms with Crippen LogP contribution in [0, 0.1) is 0 Å². The Morgan fingerprint density at radius 3 is 2.86 bits per heavy atom. The van der Waals surface area contributed by atoms with Crippen LogP contribution in [0.1, 0.15) is 26.2 Å². The van der Waals surface area contributed by atoms with Gasteiger partial charge in [0.05, 0.1) is 24.0 Å². The summed E-state index contributed by atoms with van der Waals surface area (Å²) in [5.41, 5.74) is 5.93. The topological polar surface area (TPSA) is 76.6 Å². The van der Waals surface area contributed by atoms with Gasteiger partial charge in [0.1, 0.15) is 0 Å². The summed E-state index contributed by atoms with van der Waals surface area (Å²) in [5.74, 6) is -0.130. The quantitative estimate of drug-likeness (QED) is 0.674. The lowest BCUT2D eigenvalue weighted by molar-refractivity contribution is -0.920. The van der Waals surface area contributed by atoms with Gasteiger partial charge in [0, 0.05) is 4.90 Å².